The molecule has 0 spiro atoms. The number of benzene rings is 2. The molecule has 1 heterocycles. The molecule has 166 valence electrons. The first kappa shape index (κ1) is 22.5. The van der Waals surface area contributed by atoms with Crippen molar-refractivity contribution in [2.45, 2.75) is 39.3 Å². The molecular weight excluding hydrogens is 396 g/mol. The number of methoxy groups -OCH3 is 2. The fourth-order valence-corrected chi connectivity index (χ4v) is 3.69. The Balaban J connectivity index is 1.68. The van der Waals surface area contributed by atoms with Crippen molar-refractivity contribution in [1.82, 2.24) is 5.32 Å². The van der Waals surface area contributed by atoms with E-state index in [4.69, 9.17) is 14.2 Å². The van der Waals surface area contributed by atoms with Gasteiger partial charge in [0.05, 0.1) is 38.0 Å². The molecule has 1 aliphatic rings. The summed E-state index contributed by atoms with van der Waals surface area (Å²) in [7, 11) is 3.16. The van der Waals surface area contributed by atoms with Gasteiger partial charge in [0, 0.05) is 13.0 Å². The van der Waals surface area contributed by atoms with Crippen LogP contribution in [0, 0.1) is 5.92 Å². The maximum absolute atomic E-state index is 12.9. The standard InChI is InChI=1S/C24H30N2O5/c1-15(2)31-21-11-10-17(12-22(21)30-5)16(3)25-24(28)18-13-23(27)26(14-18)19-8-6-7-9-20(19)29-4/h6-12,15-16,18H,13-14H2,1-5H3,(H,25,28). The second-order valence-electron chi connectivity index (χ2n) is 7.88. The molecule has 0 aliphatic carbocycles. The summed E-state index contributed by atoms with van der Waals surface area (Å²) in [5.74, 6) is 1.22. The van der Waals surface area contributed by atoms with E-state index in [-0.39, 0.29) is 30.4 Å². The first-order valence-corrected chi connectivity index (χ1v) is 10.4. The van der Waals surface area contributed by atoms with E-state index in [0.717, 1.165) is 5.56 Å². The van der Waals surface area contributed by atoms with Gasteiger partial charge >= 0.3 is 0 Å². The lowest BCUT2D eigenvalue weighted by molar-refractivity contribution is -0.126. The third-order valence-corrected chi connectivity index (χ3v) is 5.28. The summed E-state index contributed by atoms with van der Waals surface area (Å²) >= 11 is 0. The molecule has 1 saturated heterocycles. The van der Waals surface area contributed by atoms with Gasteiger partial charge < -0.3 is 24.4 Å². The minimum Gasteiger partial charge on any atom is -0.495 e. The van der Waals surface area contributed by atoms with Crippen molar-refractivity contribution in [3.8, 4) is 17.2 Å². The van der Waals surface area contributed by atoms with E-state index in [1.165, 1.54) is 0 Å². The molecule has 0 radical (unpaired) electrons. The van der Waals surface area contributed by atoms with Crippen molar-refractivity contribution in [3.05, 3.63) is 48.0 Å². The van der Waals surface area contributed by atoms with Gasteiger partial charge in [-0.05, 0) is 50.6 Å². The molecule has 2 amide bonds. The number of ether oxygens (including phenoxy) is 3. The highest BCUT2D eigenvalue weighted by Gasteiger charge is 2.36. The van der Waals surface area contributed by atoms with E-state index in [1.54, 1.807) is 25.2 Å². The van der Waals surface area contributed by atoms with Crippen LogP contribution in [0.2, 0.25) is 0 Å². The number of carbonyl (C=O) groups is 2. The number of para-hydroxylation sites is 2. The Morgan fingerprint density at radius 3 is 2.42 bits per heavy atom. The first-order valence-electron chi connectivity index (χ1n) is 10.4. The number of nitrogens with zero attached hydrogens (tertiary/aromatic N) is 1. The third kappa shape index (κ3) is 5.10. The van der Waals surface area contributed by atoms with E-state index in [1.807, 2.05) is 57.2 Å². The van der Waals surface area contributed by atoms with E-state index >= 15 is 0 Å². The summed E-state index contributed by atoms with van der Waals surface area (Å²) in [5, 5.41) is 3.03. The minimum absolute atomic E-state index is 0.0305. The molecule has 1 N–H and O–H groups in total. The number of hydrogen-bond acceptors (Lipinski definition) is 5. The fraction of sp³-hybridized carbons (Fsp3) is 0.417. The van der Waals surface area contributed by atoms with Gasteiger partial charge in [0.2, 0.25) is 11.8 Å². The van der Waals surface area contributed by atoms with Crippen LogP contribution in [0.25, 0.3) is 0 Å². The van der Waals surface area contributed by atoms with Crippen molar-refractivity contribution >= 4 is 17.5 Å². The molecule has 0 saturated carbocycles. The van der Waals surface area contributed by atoms with Gasteiger partial charge in [-0.3, -0.25) is 9.59 Å². The molecule has 3 rings (SSSR count). The van der Waals surface area contributed by atoms with Crippen LogP contribution in [0.3, 0.4) is 0 Å². The highest BCUT2D eigenvalue weighted by Crippen LogP contribution is 2.34. The van der Waals surface area contributed by atoms with Crippen molar-refractivity contribution in [3.63, 3.8) is 0 Å². The van der Waals surface area contributed by atoms with Crippen molar-refractivity contribution in [1.29, 1.82) is 0 Å². The van der Waals surface area contributed by atoms with Gasteiger partial charge in [-0.2, -0.15) is 0 Å². The molecule has 2 unspecified atom stereocenters. The Bertz CT molecular complexity index is 943. The number of hydrogen-bond donors (Lipinski definition) is 1. The highest BCUT2D eigenvalue weighted by atomic mass is 16.5. The van der Waals surface area contributed by atoms with Crippen LogP contribution in [0.15, 0.2) is 42.5 Å². The molecule has 31 heavy (non-hydrogen) atoms. The molecule has 2 aromatic rings. The van der Waals surface area contributed by atoms with Crippen LogP contribution >= 0.6 is 0 Å². The number of carbonyl (C=O) groups excluding carboxylic acids is 2. The van der Waals surface area contributed by atoms with E-state index in [0.29, 0.717) is 29.5 Å². The SMILES string of the molecule is COc1cc(C(C)NC(=O)C2CC(=O)N(c3ccccc3OC)C2)ccc1OC(C)C. The Kier molecular flexibility index (Phi) is 7.05. The van der Waals surface area contributed by atoms with Gasteiger partial charge in [0.15, 0.2) is 11.5 Å². The second kappa shape index (κ2) is 9.73. The van der Waals surface area contributed by atoms with Crippen molar-refractivity contribution < 1.29 is 23.8 Å². The predicted molar refractivity (Wildman–Crippen MR) is 119 cm³/mol. The van der Waals surface area contributed by atoms with Crippen LogP contribution in [0.5, 0.6) is 17.2 Å². The zero-order valence-electron chi connectivity index (χ0n) is 18.7. The molecule has 1 aliphatic heterocycles. The predicted octanol–water partition coefficient (Wildman–Crippen LogP) is 3.72. The molecule has 7 heteroatoms. The monoisotopic (exact) mass is 426 g/mol. The molecule has 7 nitrogen and oxygen atoms in total. The second-order valence-corrected chi connectivity index (χ2v) is 7.88. The summed E-state index contributed by atoms with van der Waals surface area (Å²) in [6, 6.07) is 12.7. The van der Waals surface area contributed by atoms with Crippen molar-refractivity contribution in [2.75, 3.05) is 25.7 Å². The zero-order valence-corrected chi connectivity index (χ0v) is 18.7. The number of amides is 2. The molecular formula is C24H30N2O5. The first-order chi connectivity index (χ1) is 14.8. The number of rotatable bonds is 8. The average Bonchev–Trinajstić information content (AvgIpc) is 3.15. The fourth-order valence-electron chi connectivity index (χ4n) is 3.69. The molecule has 2 atom stereocenters. The molecule has 0 bridgehead atoms. The molecule has 0 aromatic heterocycles. The summed E-state index contributed by atoms with van der Waals surface area (Å²) in [5.41, 5.74) is 1.58. The molecule has 2 aromatic carbocycles. The van der Waals surface area contributed by atoms with Crippen LogP contribution in [-0.2, 0) is 9.59 Å². The van der Waals surface area contributed by atoms with E-state index < -0.39 is 5.92 Å². The smallest absolute Gasteiger partial charge is 0.227 e. The van der Waals surface area contributed by atoms with Crippen LogP contribution in [-0.4, -0.2) is 38.7 Å². The van der Waals surface area contributed by atoms with Gasteiger partial charge in [-0.25, -0.2) is 0 Å². The lowest BCUT2D eigenvalue weighted by Crippen LogP contribution is -2.34. The third-order valence-electron chi connectivity index (χ3n) is 5.28. The average molecular weight is 427 g/mol. The van der Waals surface area contributed by atoms with E-state index in [9.17, 15) is 9.59 Å². The summed E-state index contributed by atoms with van der Waals surface area (Å²) in [6.07, 6.45) is 0.198. The van der Waals surface area contributed by atoms with E-state index in [2.05, 4.69) is 5.32 Å². The van der Waals surface area contributed by atoms with Gasteiger partial charge in [-0.15, -0.1) is 0 Å². The van der Waals surface area contributed by atoms with Crippen LogP contribution in [0.4, 0.5) is 5.69 Å². The van der Waals surface area contributed by atoms with Crippen molar-refractivity contribution in [2.24, 2.45) is 5.92 Å². The lowest BCUT2D eigenvalue weighted by atomic mass is 10.0. The van der Waals surface area contributed by atoms with Gasteiger partial charge in [0.1, 0.15) is 5.75 Å². The Labute approximate surface area is 183 Å². The highest BCUT2D eigenvalue weighted by molar-refractivity contribution is 6.01. The maximum Gasteiger partial charge on any atom is 0.227 e. The zero-order chi connectivity index (χ0) is 22.5. The normalized spacial score (nSPS) is 16.9. The lowest BCUT2D eigenvalue weighted by Gasteiger charge is -2.21. The molecule has 1 fully saturated rings. The van der Waals surface area contributed by atoms with Gasteiger partial charge in [-0.1, -0.05) is 18.2 Å². The van der Waals surface area contributed by atoms with Crippen LogP contribution < -0.4 is 24.4 Å². The quantitative estimate of drug-likeness (QED) is 0.696. The Hall–Kier alpha value is -3.22. The summed E-state index contributed by atoms with van der Waals surface area (Å²) in [6.45, 7) is 6.13. The van der Waals surface area contributed by atoms with Crippen LogP contribution in [0.1, 0.15) is 38.8 Å². The maximum atomic E-state index is 12.9. The number of anilines is 1. The summed E-state index contributed by atoms with van der Waals surface area (Å²) in [4.78, 5) is 27.1. The minimum atomic E-state index is -0.426. The Morgan fingerprint density at radius 2 is 1.74 bits per heavy atom. The summed E-state index contributed by atoms with van der Waals surface area (Å²) < 4.78 is 16.6. The number of nitrogens with one attached hydrogen (secondary N) is 1. The largest absolute Gasteiger partial charge is 0.495 e. The van der Waals surface area contributed by atoms with Gasteiger partial charge in [0.25, 0.3) is 0 Å². The Morgan fingerprint density at radius 1 is 1.03 bits per heavy atom. The topological polar surface area (TPSA) is 77.1 Å².